The van der Waals surface area contributed by atoms with Gasteiger partial charge in [0.1, 0.15) is 5.82 Å². The minimum atomic E-state index is -0.590. The van der Waals surface area contributed by atoms with Gasteiger partial charge >= 0.3 is 0 Å². The van der Waals surface area contributed by atoms with E-state index in [0.717, 1.165) is 53.7 Å². The van der Waals surface area contributed by atoms with Gasteiger partial charge in [0.2, 0.25) is 0 Å². The number of carbonyl (C=O) groups excluding carboxylic acids is 1. The standard InChI is InChI=1S/C22H25N5O2S/c28-21(23-9-8-22(29)6-1-7-22)16-12-24-20(11-18(16)26-14-2-3-14)27-15-4-5-17-19(10-15)30-13-25-17/h4-5,10-14,29H,1-3,6-9H2,(H,23,28)(H2,24,26,27). The van der Waals surface area contributed by atoms with Crippen LogP contribution in [0, 0.1) is 0 Å². The van der Waals surface area contributed by atoms with Crippen molar-refractivity contribution < 1.29 is 9.90 Å². The summed E-state index contributed by atoms with van der Waals surface area (Å²) < 4.78 is 1.11. The van der Waals surface area contributed by atoms with Crippen molar-refractivity contribution in [3.63, 3.8) is 0 Å². The summed E-state index contributed by atoms with van der Waals surface area (Å²) in [4.78, 5) is 21.5. The normalized spacial score (nSPS) is 17.4. The van der Waals surface area contributed by atoms with Gasteiger partial charge in [-0.1, -0.05) is 0 Å². The summed E-state index contributed by atoms with van der Waals surface area (Å²) in [7, 11) is 0. The molecule has 0 spiro atoms. The number of hydrogen-bond donors (Lipinski definition) is 4. The van der Waals surface area contributed by atoms with E-state index in [-0.39, 0.29) is 5.91 Å². The topological polar surface area (TPSA) is 99.2 Å². The summed E-state index contributed by atoms with van der Waals surface area (Å²) >= 11 is 1.60. The van der Waals surface area contributed by atoms with Gasteiger partial charge in [-0.2, -0.15) is 0 Å². The Balaban J connectivity index is 1.30. The Morgan fingerprint density at radius 2 is 2.10 bits per heavy atom. The van der Waals surface area contributed by atoms with Gasteiger partial charge in [-0.05, 0) is 56.7 Å². The first kappa shape index (κ1) is 19.3. The molecule has 0 radical (unpaired) electrons. The number of aromatic nitrogens is 2. The third kappa shape index (κ3) is 4.24. The lowest BCUT2D eigenvalue weighted by Crippen LogP contribution is -2.40. The average molecular weight is 424 g/mol. The highest BCUT2D eigenvalue weighted by Crippen LogP contribution is 2.34. The maximum atomic E-state index is 12.7. The van der Waals surface area contributed by atoms with E-state index in [2.05, 4.69) is 32.0 Å². The number of fused-ring (bicyclic) bond motifs is 1. The van der Waals surface area contributed by atoms with Gasteiger partial charge in [-0.25, -0.2) is 9.97 Å². The number of carbonyl (C=O) groups is 1. The first-order valence-electron chi connectivity index (χ1n) is 10.5. The summed E-state index contributed by atoms with van der Waals surface area (Å²) in [5, 5.41) is 19.9. The molecule has 8 heteroatoms. The smallest absolute Gasteiger partial charge is 0.254 e. The van der Waals surface area contributed by atoms with Gasteiger partial charge in [0.25, 0.3) is 5.91 Å². The summed E-state index contributed by atoms with van der Waals surface area (Å²) in [6.45, 7) is 0.465. The van der Waals surface area contributed by atoms with E-state index in [1.807, 2.05) is 23.7 Å². The van der Waals surface area contributed by atoms with Gasteiger partial charge in [0, 0.05) is 30.5 Å². The van der Waals surface area contributed by atoms with Crippen molar-refractivity contribution in [1.82, 2.24) is 15.3 Å². The van der Waals surface area contributed by atoms with Crippen molar-refractivity contribution >= 4 is 44.7 Å². The third-order valence-corrected chi connectivity index (χ3v) is 6.64. The molecule has 0 aliphatic heterocycles. The van der Waals surface area contributed by atoms with Gasteiger partial charge < -0.3 is 21.1 Å². The molecule has 2 aliphatic rings. The zero-order chi connectivity index (χ0) is 20.6. The fourth-order valence-electron chi connectivity index (χ4n) is 3.69. The van der Waals surface area contributed by atoms with E-state index in [1.54, 1.807) is 17.5 Å². The van der Waals surface area contributed by atoms with E-state index >= 15 is 0 Å². The number of hydrogen-bond acceptors (Lipinski definition) is 7. The number of rotatable bonds is 8. The lowest BCUT2D eigenvalue weighted by Gasteiger charge is -2.36. The van der Waals surface area contributed by atoms with Gasteiger partial charge in [-0.15, -0.1) is 11.3 Å². The second kappa shape index (κ2) is 7.85. The molecule has 0 unspecified atom stereocenters. The second-order valence-electron chi connectivity index (χ2n) is 8.28. The summed E-state index contributed by atoms with van der Waals surface area (Å²) in [5.41, 5.74) is 4.48. The lowest BCUT2D eigenvalue weighted by molar-refractivity contribution is -0.0390. The molecule has 3 aromatic rings. The summed E-state index contributed by atoms with van der Waals surface area (Å²) in [6, 6.07) is 8.31. The fraction of sp³-hybridized carbons (Fsp3) is 0.409. The highest BCUT2D eigenvalue weighted by atomic mass is 32.1. The maximum absolute atomic E-state index is 12.7. The van der Waals surface area contributed by atoms with Crippen LogP contribution in [0.4, 0.5) is 17.2 Å². The predicted octanol–water partition coefficient (Wildman–Crippen LogP) is 4.04. The van der Waals surface area contributed by atoms with Crippen molar-refractivity contribution in [2.75, 3.05) is 17.2 Å². The molecular weight excluding hydrogens is 398 g/mol. The zero-order valence-electron chi connectivity index (χ0n) is 16.6. The van der Waals surface area contributed by atoms with Crippen LogP contribution in [0.5, 0.6) is 0 Å². The molecule has 1 aromatic carbocycles. The SMILES string of the molecule is O=C(NCCC1(O)CCC1)c1cnc(Nc2ccc3ncsc3c2)cc1NC1CC1. The first-order chi connectivity index (χ1) is 14.6. The van der Waals surface area contributed by atoms with E-state index in [9.17, 15) is 9.90 Å². The Bertz CT molecular complexity index is 1070. The minimum absolute atomic E-state index is 0.161. The Labute approximate surface area is 178 Å². The number of thiazole rings is 1. The average Bonchev–Trinajstić information content (AvgIpc) is 3.40. The zero-order valence-corrected chi connectivity index (χ0v) is 17.5. The lowest BCUT2D eigenvalue weighted by atomic mass is 9.78. The Hall–Kier alpha value is -2.71. The molecule has 0 bridgehead atoms. The third-order valence-electron chi connectivity index (χ3n) is 5.85. The number of nitrogens with one attached hydrogen (secondary N) is 3. The van der Waals surface area contributed by atoms with E-state index in [4.69, 9.17) is 0 Å². The van der Waals surface area contributed by atoms with Crippen LogP contribution in [-0.2, 0) is 0 Å². The Kier molecular flexibility index (Phi) is 5.04. The van der Waals surface area contributed by atoms with Crippen molar-refractivity contribution in [2.45, 2.75) is 50.2 Å². The fourth-order valence-corrected chi connectivity index (χ4v) is 4.41. The van der Waals surface area contributed by atoms with E-state index < -0.39 is 5.60 Å². The highest BCUT2D eigenvalue weighted by molar-refractivity contribution is 7.16. The molecule has 2 aliphatic carbocycles. The van der Waals surface area contributed by atoms with Crippen LogP contribution in [0.1, 0.15) is 48.9 Å². The molecule has 156 valence electrons. The summed E-state index contributed by atoms with van der Waals surface area (Å²) in [5.74, 6) is 0.522. The monoisotopic (exact) mass is 423 g/mol. The van der Waals surface area contributed by atoms with Crippen LogP contribution < -0.4 is 16.0 Å². The van der Waals surface area contributed by atoms with Crippen molar-refractivity contribution in [1.29, 1.82) is 0 Å². The van der Waals surface area contributed by atoms with E-state index in [1.165, 1.54) is 0 Å². The molecule has 0 atom stereocenters. The van der Waals surface area contributed by atoms with Gasteiger partial charge in [0.15, 0.2) is 0 Å². The predicted molar refractivity (Wildman–Crippen MR) is 120 cm³/mol. The largest absolute Gasteiger partial charge is 0.390 e. The number of nitrogens with zero attached hydrogens (tertiary/aromatic N) is 2. The van der Waals surface area contributed by atoms with Crippen molar-refractivity contribution in [3.05, 3.63) is 41.5 Å². The van der Waals surface area contributed by atoms with Gasteiger partial charge in [0.05, 0.1) is 32.6 Å². The molecule has 4 N–H and O–H groups in total. The molecule has 1 amide bonds. The molecule has 2 aromatic heterocycles. The highest BCUT2D eigenvalue weighted by Gasteiger charge is 2.33. The van der Waals surface area contributed by atoms with Gasteiger partial charge in [-0.3, -0.25) is 4.79 Å². The van der Waals surface area contributed by atoms with Crippen LogP contribution in [-0.4, -0.2) is 39.2 Å². The molecular formula is C22H25N5O2S. The molecule has 5 rings (SSSR count). The van der Waals surface area contributed by atoms with Crippen molar-refractivity contribution in [3.8, 4) is 0 Å². The van der Waals surface area contributed by atoms with Crippen LogP contribution in [0.15, 0.2) is 36.0 Å². The Morgan fingerprint density at radius 1 is 1.23 bits per heavy atom. The molecule has 0 saturated heterocycles. The van der Waals surface area contributed by atoms with Crippen LogP contribution in [0.2, 0.25) is 0 Å². The van der Waals surface area contributed by atoms with Crippen LogP contribution in [0.3, 0.4) is 0 Å². The van der Waals surface area contributed by atoms with Crippen LogP contribution >= 0.6 is 11.3 Å². The maximum Gasteiger partial charge on any atom is 0.254 e. The number of pyridine rings is 1. The van der Waals surface area contributed by atoms with Crippen molar-refractivity contribution in [2.24, 2.45) is 0 Å². The second-order valence-corrected chi connectivity index (χ2v) is 9.16. The molecule has 2 heterocycles. The first-order valence-corrected chi connectivity index (χ1v) is 11.3. The molecule has 7 nitrogen and oxygen atoms in total. The quantitative estimate of drug-likeness (QED) is 0.436. The number of aliphatic hydroxyl groups is 1. The number of anilines is 3. The molecule has 30 heavy (non-hydrogen) atoms. The number of amides is 1. The minimum Gasteiger partial charge on any atom is -0.390 e. The molecule has 2 saturated carbocycles. The number of benzene rings is 1. The van der Waals surface area contributed by atoms with E-state index in [0.29, 0.717) is 30.4 Å². The Morgan fingerprint density at radius 3 is 2.87 bits per heavy atom. The van der Waals surface area contributed by atoms with Crippen LogP contribution in [0.25, 0.3) is 10.2 Å². The summed E-state index contributed by atoms with van der Waals surface area (Å²) in [6.07, 6.45) is 7.15. The molecule has 2 fully saturated rings.